The van der Waals surface area contributed by atoms with Crippen LogP contribution in [0.3, 0.4) is 0 Å². The van der Waals surface area contributed by atoms with E-state index in [0.717, 1.165) is 4.57 Å². The molecule has 2 unspecified atom stereocenters. The van der Waals surface area contributed by atoms with Crippen molar-refractivity contribution in [3.63, 3.8) is 0 Å². The second kappa shape index (κ2) is 11.0. The summed E-state index contributed by atoms with van der Waals surface area (Å²) in [4.78, 5) is 62.4. The van der Waals surface area contributed by atoms with Gasteiger partial charge in [0.1, 0.15) is 0 Å². The number of aliphatic hydroxyl groups excluding tert-OH is 1. The normalized spacial score (nSPS) is 24.5. The van der Waals surface area contributed by atoms with Crippen molar-refractivity contribution in [1.82, 2.24) is 9.55 Å². The Morgan fingerprint density at radius 1 is 1.27 bits per heavy atom. The molecular formula is C11H18HgN3O15P3. The van der Waals surface area contributed by atoms with Crippen molar-refractivity contribution in [2.75, 3.05) is 12.3 Å². The van der Waals surface area contributed by atoms with Crippen molar-refractivity contribution in [2.45, 2.75) is 31.8 Å². The third-order valence-electron chi connectivity index (χ3n) is 3.82. The molecule has 0 amide bonds. The van der Waals surface area contributed by atoms with Crippen LogP contribution in [0.4, 0.5) is 5.82 Å². The molecule has 33 heavy (non-hydrogen) atoms. The summed E-state index contributed by atoms with van der Waals surface area (Å²) < 4.78 is 57.1. The van der Waals surface area contributed by atoms with Gasteiger partial charge in [-0.1, -0.05) is 0 Å². The summed E-state index contributed by atoms with van der Waals surface area (Å²) in [6.07, 6.45) is -2.75. The van der Waals surface area contributed by atoms with Gasteiger partial charge in [-0.2, -0.15) is 0 Å². The van der Waals surface area contributed by atoms with E-state index in [0.29, 0.717) is 3.07 Å². The molecule has 0 spiro atoms. The van der Waals surface area contributed by atoms with Crippen molar-refractivity contribution >= 4 is 38.3 Å². The fraction of sp³-hybridized carbons (Fsp3) is 0.545. The monoisotopic (exact) mass is 727 g/mol. The first kappa shape index (κ1) is 28.7. The van der Waals surface area contributed by atoms with Crippen LogP contribution in [-0.2, 0) is 64.0 Å². The van der Waals surface area contributed by atoms with Gasteiger partial charge in [0.25, 0.3) is 0 Å². The van der Waals surface area contributed by atoms with Crippen molar-refractivity contribution in [3.8, 4) is 0 Å². The fourth-order valence-electron chi connectivity index (χ4n) is 2.53. The quantitative estimate of drug-likeness (QED) is 0.112. The molecular weight excluding hydrogens is 708 g/mol. The van der Waals surface area contributed by atoms with Crippen molar-refractivity contribution in [2.24, 2.45) is 0 Å². The van der Waals surface area contributed by atoms with Gasteiger partial charge in [0.05, 0.1) is 0 Å². The summed E-state index contributed by atoms with van der Waals surface area (Å²) >= 11 is -2.50. The van der Waals surface area contributed by atoms with Gasteiger partial charge < -0.3 is 9.79 Å². The Hall–Kier alpha value is -0.585. The molecule has 2 heterocycles. The third kappa shape index (κ3) is 9.18. The van der Waals surface area contributed by atoms with E-state index in [2.05, 4.69) is 18.1 Å². The van der Waals surface area contributed by atoms with Crippen LogP contribution in [0, 0.1) is 0 Å². The van der Waals surface area contributed by atoms with Gasteiger partial charge in [-0.25, -0.2) is 4.57 Å². The Labute approximate surface area is 197 Å². The van der Waals surface area contributed by atoms with Crippen molar-refractivity contribution in [3.05, 3.63) is 16.7 Å². The van der Waals surface area contributed by atoms with Crippen LogP contribution in [0.5, 0.6) is 0 Å². The molecule has 18 nitrogen and oxygen atoms in total. The fourth-order valence-corrected chi connectivity index (χ4v) is 8.89. The predicted octanol–water partition coefficient (Wildman–Crippen LogP) is -2.00. The van der Waals surface area contributed by atoms with Crippen LogP contribution in [-0.4, -0.2) is 59.0 Å². The van der Waals surface area contributed by atoms with E-state index in [-0.39, 0.29) is 12.2 Å². The van der Waals surface area contributed by atoms with Gasteiger partial charge >= 0.3 is 183 Å². The van der Waals surface area contributed by atoms with Crippen molar-refractivity contribution in [1.29, 1.82) is 0 Å². The molecule has 0 aliphatic carbocycles. The molecule has 2 rings (SSSR count). The van der Waals surface area contributed by atoms with E-state index >= 15 is 0 Å². The van der Waals surface area contributed by atoms with E-state index < -0.39 is 85.2 Å². The Morgan fingerprint density at radius 2 is 1.91 bits per heavy atom. The van der Waals surface area contributed by atoms with Gasteiger partial charge in [-0.05, 0) is 0 Å². The first-order chi connectivity index (χ1) is 15.0. The molecule has 1 aromatic heterocycles. The third-order valence-corrected chi connectivity index (χ3v) is 13.1. The average Bonchev–Trinajstić information content (AvgIpc) is 2.96. The molecule has 0 saturated carbocycles. The van der Waals surface area contributed by atoms with Gasteiger partial charge in [0.2, 0.25) is 0 Å². The van der Waals surface area contributed by atoms with E-state index in [1.165, 1.54) is 13.1 Å². The van der Waals surface area contributed by atoms with Gasteiger partial charge in [-0.15, -0.1) is 0 Å². The minimum absolute atomic E-state index is 0.109. The van der Waals surface area contributed by atoms with Crippen LogP contribution in [0.25, 0.3) is 0 Å². The zero-order chi connectivity index (χ0) is 25.2. The first-order valence-corrected chi connectivity index (χ1v) is 18.1. The van der Waals surface area contributed by atoms with E-state index in [4.69, 9.17) is 27.8 Å². The number of ether oxygens (including phenoxy) is 1. The SMILES string of the molecule is CC(=O)[O][Hg][c]1cn([C@H]2C[C@H](O)[C@@H](COP(=O)(O)OP(=O)(O)OP(=O)(O)O)O2)c(=O)nc1N. The number of anilines is 1. The number of nitrogen functional groups attached to an aromatic ring is 1. The molecule has 5 atom stereocenters. The molecule has 22 heteroatoms. The maximum atomic E-state index is 12.2. The molecule has 1 aromatic rings. The Balaban J connectivity index is 2.06. The number of nitrogens with two attached hydrogens (primary N) is 1. The summed E-state index contributed by atoms with van der Waals surface area (Å²) in [6.45, 7) is 0.303. The van der Waals surface area contributed by atoms with E-state index in [9.17, 15) is 33.3 Å². The summed E-state index contributed by atoms with van der Waals surface area (Å²) in [6, 6.07) is 0. The number of aliphatic hydroxyl groups is 1. The summed E-state index contributed by atoms with van der Waals surface area (Å²) in [7, 11) is -16.7. The van der Waals surface area contributed by atoms with E-state index in [1.807, 2.05) is 0 Å². The van der Waals surface area contributed by atoms with Gasteiger partial charge in [-0.3, -0.25) is 0 Å². The zero-order valence-corrected chi connectivity index (χ0v) is 24.7. The molecule has 0 radical (unpaired) electrons. The molecule has 184 valence electrons. The van der Waals surface area contributed by atoms with Crippen molar-refractivity contribution < 1.29 is 88.7 Å². The minimum atomic E-state index is -5.70. The van der Waals surface area contributed by atoms with Crippen LogP contribution in [0.2, 0.25) is 0 Å². The number of hydrogen-bond acceptors (Lipinski definition) is 13. The molecule has 1 aliphatic heterocycles. The van der Waals surface area contributed by atoms with Gasteiger partial charge in [0, 0.05) is 0 Å². The Morgan fingerprint density at radius 3 is 2.48 bits per heavy atom. The second-order valence-corrected chi connectivity index (χ2v) is 16.1. The number of nitrogens with zero attached hydrogens (tertiary/aromatic N) is 2. The Kier molecular flexibility index (Phi) is 9.54. The predicted molar refractivity (Wildman–Crippen MR) is 98.7 cm³/mol. The standard InChI is InChI=1S/C9H15N3O13P3.C2H4O2.Hg/c10-7-1-2-12(9(14)11-7)8-3-5(13)6(23-8)4-22-27(18,19)25-28(20,21)24-26(15,16)17;1-2(3)4;/h2,5-6,8,13H,3-4H2,(H,18,19)(H,20,21)(H2,10,11,14)(H2,15,16,17);1H3,(H,3,4);/q;;+1/p-1/t5-,6+,8+;;/m0../s1. The summed E-state index contributed by atoms with van der Waals surface area (Å²) in [5, 5.41) is 10.1. The summed E-state index contributed by atoms with van der Waals surface area (Å²) in [5.74, 6) is -0.630. The molecule has 1 fully saturated rings. The topological polar surface area (TPSA) is 276 Å². The number of phosphoric ester groups is 1. The molecule has 1 aliphatic rings. The van der Waals surface area contributed by atoms with E-state index in [1.54, 1.807) is 0 Å². The Bertz CT molecular complexity index is 1090. The number of hydrogen-bond donors (Lipinski definition) is 6. The molecule has 0 aromatic carbocycles. The average molecular weight is 726 g/mol. The van der Waals surface area contributed by atoms with Crippen LogP contribution in [0.1, 0.15) is 19.6 Å². The number of carbonyl (C=O) groups excluding carboxylic acids is 1. The van der Waals surface area contributed by atoms with Crippen LogP contribution in [0.15, 0.2) is 11.0 Å². The number of rotatable bonds is 10. The number of carbonyl (C=O) groups is 1. The zero-order valence-electron chi connectivity index (χ0n) is 16.6. The molecule has 0 bridgehead atoms. The summed E-state index contributed by atoms with van der Waals surface area (Å²) in [5.41, 5.74) is 4.82. The van der Waals surface area contributed by atoms with Gasteiger partial charge in [0.15, 0.2) is 0 Å². The van der Waals surface area contributed by atoms with Crippen LogP contribution >= 0.6 is 23.5 Å². The van der Waals surface area contributed by atoms with Crippen LogP contribution < -0.4 is 14.5 Å². The molecule has 7 N–H and O–H groups in total. The maximum absolute atomic E-state index is 12.2. The number of phosphoric acid groups is 3. The second-order valence-electron chi connectivity index (χ2n) is 6.44. The molecule has 1 saturated heterocycles. The number of aromatic nitrogens is 2. The first-order valence-electron chi connectivity index (χ1n) is 8.61.